The highest BCUT2D eigenvalue weighted by molar-refractivity contribution is 7.90. The maximum absolute atomic E-state index is 13.3. The predicted molar refractivity (Wildman–Crippen MR) is 220 cm³/mol. The summed E-state index contributed by atoms with van der Waals surface area (Å²) in [6.07, 6.45) is 10.3. The molecule has 0 radical (unpaired) electrons. The van der Waals surface area contributed by atoms with E-state index < -0.39 is 42.8 Å². The number of amides is 2. The minimum atomic E-state index is -4.29. The first-order chi connectivity index (χ1) is 27.2. The number of carbonyl (C=O) groups is 2. The Morgan fingerprint density at radius 2 is 0.983 bits per heavy atom. The Morgan fingerprint density at radius 1 is 0.586 bits per heavy atom. The van der Waals surface area contributed by atoms with E-state index in [0.29, 0.717) is 17.0 Å². The Bertz CT molecular complexity index is 2180. The van der Waals surface area contributed by atoms with Gasteiger partial charge < -0.3 is 5.73 Å². The van der Waals surface area contributed by atoms with Gasteiger partial charge in [0.15, 0.2) is 10.1 Å². The molecular formula is C42H54FN7O6S2. The number of nitrogens with one attached hydrogen (secondary N) is 2. The summed E-state index contributed by atoms with van der Waals surface area (Å²) < 4.78 is 67.7. The second kappa shape index (κ2) is 18.0. The van der Waals surface area contributed by atoms with Gasteiger partial charge in [-0.25, -0.2) is 19.4 Å². The number of anilines is 1. The molecule has 4 N–H and O–H groups in total. The SMILES string of the molecule is CC(C)(C)c1ccc(C(=O)NS(=O)(=O)c2cccc(F)n2)c(C2CCCCC2)n1.CC(C)(C)c1ccc(C(=O)NS(=O)(=O)c2cccc(N)n2)c(C2CCCCC2)n1. The number of sulfonamides is 2. The number of nitrogens with zero attached hydrogens (tertiary/aromatic N) is 4. The summed E-state index contributed by atoms with van der Waals surface area (Å²) in [5.74, 6) is -2.06. The van der Waals surface area contributed by atoms with Crippen LogP contribution in [-0.4, -0.2) is 48.6 Å². The van der Waals surface area contributed by atoms with Gasteiger partial charge in [-0.15, -0.1) is 0 Å². The minimum Gasteiger partial charge on any atom is -0.384 e. The fraction of sp³-hybridized carbons (Fsp3) is 0.476. The van der Waals surface area contributed by atoms with Crippen molar-refractivity contribution in [2.75, 3.05) is 5.73 Å². The largest absolute Gasteiger partial charge is 0.384 e. The summed E-state index contributed by atoms with van der Waals surface area (Å²) in [5, 5.41) is -0.825. The molecule has 0 aliphatic heterocycles. The monoisotopic (exact) mass is 835 g/mol. The Labute approximate surface area is 341 Å². The lowest BCUT2D eigenvalue weighted by atomic mass is 9.83. The average molecular weight is 836 g/mol. The first-order valence-corrected chi connectivity index (χ1v) is 22.6. The summed E-state index contributed by atoms with van der Waals surface area (Å²) in [6, 6.07) is 14.6. The zero-order valence-electron chi connectivity index (χ0n) is 34.0. The van der Waals surface area contributed by atoms with Gasteiger partial charge in [0.2, 0.25) is 5.95 Å². The first-order valence-electron chi connectivity index (χ1n) is 19.7. The van der Waals surface area contributed by atoms with Gasteiger partial charge in [-0.1, -0.05) is 92.2 Å². The van der Waals surface area contributed by atoms with Crippen LogP contribution in [0.3, 0.4) is 0 Å². The summed E-state index contributed by atoms with van der Waals surface area (Å²) in [4.78, 5) is 42.6. The van der Waals surface area contributed by atoms with E-state index >= 15 is 0 Å². The molecule has 4 aromatic heterocycles. The van der Waals surface area contributed by atoms with Crippen molar-refractivity contribution < 1.29 is 30.8 Å². The molecule has 16 heteroatoms. The molecule has 2 fully saturated rings. The molecule has 0 spiro atoms. The Balaban J connectivity index is 0.000000221. The highest BCUT2D eigenvalue weighted by Crippen LogP contribution is 2.36. The van der Waals surface area contributed by atoms with E-state index in [9.17, 15) is 30.8 Å². The number of nitrogen functional groups attached to an aromatic ring is 1. The molecule has 6 rings (SSSR count). The van der Waals surface area contributed by atoms with Crippen LogP contribution in [0, 0.1) is 5.95 Å². The van der Waals surface area contributed by atoms with Crippen LogP contribution < -0.4 is 15.2 Å². The lowest BCUT2D eigenvalue weighted by Gasteiger charge is -2.26. The Kier molecular flexibility index (Phi) is 13.7. The fourth-order valence-electron chi connectivity index (χ4n) is 7.12. The zero-order chi connectivity index (χ0) is 42.5. The Hall–Kier alpha value is -4.83. The van der Waals surface area contributed by atoms with Crippen molar-refractivity contribution in [1.29, 1.82) is 0 Å². The van der Waals surface area contributed by atoms with Crippen LogP contribution in [0.5, 0.6) is 0 Å². The van der Waals surface area contributed by atoms with Crippen LogP contribution in [0.4, 0.5) is 10.2 Å². The lowest BCUT2D eigenvalue weighted by Crippen LogP contribution is -2.33. The molecule has 2 saturated carbocycles. The maximum Gasteiger partial charge on any atom is 0.281 e. The topological polar surface area (TPSA) is 204 Å². The molecule has 4 heterocycles. The second-order valence-corrected chi connectivity index (χ2v) is 20.3. The maximum atomic E-state index is 13.3. The number of rotatable bonds is 8. The smallest absolute Gasteiger partial charge is 0.281 e. The van der Waals surface area contributed by atoms with Crippen molar-refractivity contribution in [3.8, 4) is 0 Å². The first kappa shape index (κ1) is 44.3. The van der Waals surface area contributed by atoms with Gasteiger partial charge in [-0.05, 0) is 74.2 Å². The molecule has 0 unspecified atom stereocenters. The van der Waals surface area contributed by atoms with E-state index in [4.69, 9.17) is 15.7 Å². The standard InChI is InChI=1S/C21H26FN3O3S.C21H28N4O3S/c2*1-21(2,3)16-13-12-15(19(23-16)14-8-5-4-6-9-14)20(26)25-29(27,28)18-11-7-10-17(22)24-18/h7,10-14H,4-6,8-9H2,1-3H3,(H,25,26);7,10-14H,4-6,8-9H2,1-3H3,(H2,22,24)(H,25,26). The molecule has 0 aromatic carbocycles. The quantitative estimate of drug-likeness (QED) is 0.147. The van der Waals surface area contributed by atoms with E-state index in [1.807, 2.05) is 25.5 Å². The van der Waals surface area contributed by atoms with Gasteiger partial charge in [0.1, 0.15) is 5.82 Å². The third-order valence-electron chi connectivity index (χ3n) is 10.3. The number of nitrogens with two attached hydrogens (primary N) is 1. The zero-order valence-corrected chi connectivity index (χ0v) is 35.6. The van der Waals surface area contributed by atoms with E-state index in [0.717, 1.165) is 81.3 Å². The molecule has 0 atom stereocenters. The summed E-state index contributed by atoms with van der Waals surface area (Å²) >= 11 is 0. The number of pyridine rings is 4. The van der Waals surface area contributed by atoms with Crippen LogP contribution in [0.2, 0.25) is 0 Å². The molecule has 2 amide bonds. The van der Waals surface area contributed by atoms with Crippen molar-refractivity contribution in [3.05, 3.63) is 101 Å². The Morgan fingerprint density at radius 3 is 1.36 bits per heavy atom. The fourth-order valence-corrected chi connectivity index (χ4v) is 8.99. The predicted octanol–water partition coefficient (Wildman–Crippen LogP) is 7.60. The van der Waals surface area contributed by atoms with Crippen LogP contribution in [-0.2, 0) is 30.9 Å². The second-order valence-electron chi connectivity index (χ2n) is 17.0. The lowest BCUT2D eigenvalue weighted by molar-refractivity contribution is 0.0970. The van der Waals surface area contributed by atoms with Gasteiger partial charge in [0.05, 0.1) is 22.5 Å². The summed E-state index contributed by atoms with van der Waals surface area (Å²) in [7, 11) is -8.43. The summed E-state index contributed by atoms with van der Waals surface area (Å²) in [5.41, 5.74) is 8.81. The molecule has 58 heavy (non-hydrogen) atoms. The van der Waals surface area contributed by atoms with Gasteiger partial charge in [0.25, 0.3) is 31.9 Å². The minimum absolute atomic E-state index is 0.0689. The van der Waals surface area contributed by atoms with Crippen molar-refractivity contribution in [2.24, 2.45) is 0 Å². The molecule has 2 aliphatic rings. The molecule has 0 saturated heterocycles. The van der Waals surface area contributed by atoms with Crippen LogP contribution in [0.1, 0.15) is 161 Å². The number of hydrogen-bond donors (Lipinski definition) is 3. The molecule has 4 aromatic rings. The van der Waals surface area contributed by atoms with Crippen LogP contribution in [0.25, 0.3) is 0 Å². The van der Waals surface area contributed by atoms with E-state index in [-0.39, 0.29) is 39.1 Å². The molecule has 13 nitrogen and oxygen atoms in total. The van der Waals surface area contributed by atoms with Crippen LogP contribution in [0.15, 0.2) is 70.7 Å². The molecule has 2 aliphatic carbocycles. The highest BCUT2D eigenvalue weighted by atomic mass is 32.2. The molecular weight excluding hydrogens is 782 g/mol. The van der Waals surface area contributed by atoms with E-state index in [1.165, 1.54) is 30.7 Å². The third-order valence-corrected chi connectivity index (χ3v) is 12.8. The van der Waals surface area contributed by atoms with E-state index in [1.54, 1.807) is 24.3 Å². The highest BCUT2D eigenvalue weighted by Gasteiger charge is 2.30. The molecule has 312 valence electrons. The summed E-state index contributed by atoms with van der Waals surface area (Å²) in [6.45, 7) is 12.3. The molecule has 0 bridgehead atoms. The van der Waals surface area contributed by atoms with Crippen molar-refractivity contribution in [3.63, 3.8) is 0 Å². The van der Waals surface area contributed by atoms with Crippen molar-refractivity contribution in [2.45, 2.75) is 138 Å². The third kappa shape index (κ3) is 11.2. The average Bonchev–Trinajstić information content (AvgIpc) is 3.17. The van der Waals surface area contributed by atoms with E-state index in [2.05, 4.69) is 35.5 Å². The van der Waals surface area contributed by atoms with Crippen LogP contribution >= 0.6 is 0 Å². The number of halogens is 1. The number of aromatic nitrogens is 4. The van der Waals surface area contributed by atoms with Crippen molar-refractivity contribution in [1.82, 2.24) is 29.4 Å². The van der Waals surface area contributed by atoms with Gasteiger partial charge in [-0.2, -0.15) is 21.2 Å². The van der Waals surface area contributed by atoms with Gasteiger partial charge >= 0.3 is 0 Å². The van der Waals surface area contributed by atoms with Crippen molar-refractivity contribution >= 4 is 37.7 Å². The van der Waals surface area contributed by atoms with Gasteiger partial charge in [0, 0.05) is 34.1 Å². The normalized spacial score (nSPS) is 15.8. The number of carbonyl (C=O) groups excluding carboxylic acids is 2. The van der Waals surface area contributed by atoms with Gasteiger partial charge in [-0.3, -0.25) is 19.6 Å². The number of hydrogen-bond acceptors (Lipinski definition) is 11.